The number of ether oxygens (including phenoxy) is 1. The van der Waals surface area contributed by atoms with E-state index >= 15 is 0 Å². The minimum Gasteiger partial charge on any atom is -0.362 e. The summed E-state index contributed by atoms with van der Waals surface area (Å²) >= 11 is 0. The minimum atomic E-state index is -0.745. The summed E-state index contributed by atoms with van der Waals surface area (Å²) in [5.41, 5.74) is 0. The van der Waals surface area contributed by atoms with Gasteiger partial charge in [0.15, 0.2) is 17.7 Å². The zero-order valence-electron chi connectivity index (χ0n) is 5.22. The number of hydrogen-bond acceptors (Lipinski definition) is 3. The first kappa shape index (κ1) is 6.42. The lowest BCUT2D eigenvalue weighted by molar-refractivity contribution is -0.134. The monoisotopic (exact) mass is 128 g/mol. The summed E-state index contributed by atoms with van der Waals surface area (Å²) < 4.78 is 4.83. The van der Waals surface area contributed by atoms with Crippen molar-refractivity contribution in [2.24, 2.45) is 0 Å². The Hall–Kier alpha value is -0.700. The van der Waals surface area contributed by atoms with Crippen LogP contribution in [0.4, 0.5) is 0 Å². The van der Waals surface area contributed by atoms with Crippen molar-refractivity contribution >= 4 is 11.6 Å². The van der Waals surface area contributed by atoms with Gasteiger partial charge in [0.1, 0.15) is 0 Å². The van der Waals surface area contributed by atoms with Gasteiger partial charge in [-0.1, -0.05) is 0 Å². The second-order valence-corrected chi connectivity index (χ2v) is 2.08. The van der Waals surface area contributed by atoms with Gasteiger partial charge < -0.3 is 4.74 Å². The number of hydrogen-bond donors (Lipinski definition) is 0. The highest BCUT2D eigenvalue weighted by molar-refractivity contribution is 6.05. The van der Waals surface area contributed by atoms with Gasteiger partial charge in [0.2, 0.25) is 0 Å². The van der Waals surface area contributed by atoms with Crippen LogP contribution in [-0.2, 0) is 14.3 Å². The van der Waals surface area contributed by atoms with E-state index in [1.807, 2.05) is 0 Å². The van der Waals surface area contributed by atoms with E-state index in [2.05, 4.69) is 0 Å². The Kier molecular flexibility index (Phi) is 1.62. The Balaban J connectivity index is 2.60. The molecule has 1 atom stereocenters. The van der Waals surface area contributed by atoms with Crippen molar-refractivity contribution in [1.29, 1.82) is 0 Å². The van der Waals surface area contributed by atoms with Crippen LogP contribution in [0.3, 0.4) is 0 Å². The van der Waals surface area contributed by atoms with Crippen molar-refractivity contribution in [3.63, 3.8) is 0 Å². The van der Waals surface area contributed by atoms with Crippen molar-refractivity contribution < 1.29 is 14.3 Å². The SMILES string of the molecule is CC(=O)C1OCCC1=O. The molecule has 1 unspecified atom stereocenters. The van der Waals surface area contributed by atoms with Crippen LogP contribution in [-0.4, -0.2) is 24.3 Å². The number of rotatable bonds is 1. The van der Waals surface area contributed by atoms with E-state index in [-0.39, 0.29) is 11.6 Å². The summed E-state index contributed by atoms with van der Waals surface area (Å²) in [6, 6.07) is 0. The van der Waals surface area contributed by atoms with Crippen LogP contribution in [0.15, 0.2) is 0 Å². The van der Waals surface area contributed by atoms with Crippen LogP contribution >= 0.6 is 0 Å². The highest BCUT2D eigenvalue weighted by Crippen LogP contribution is 2.07. The molecule has 3 nitrogen and oxygen atoms in total. The van der Waals surface area contributed by atoms with Crippen molar-refractivity contribution in [2.75, 3.05) is 6.61 Å². The van der Waals surface area contributed by atoms with Gasteiger partial charge in [-0.25, -0.2) is 0 Å². The Morgan fingerprint density at radius 2 is 2.44 bits per heavy atom. The second-order valence-electron chi connectivity index (χ2n) is 2.08. The molecule has 1 fully saturated rings. The molecule has 9 heavy (non-hydrogen) atoms. The molecule has 1 heterocycles. The maximum atomic E-state index is 10.7. The van der Waals surface area contributed by atoms with Gasteiger partial charge in [-0.05, 0) is 6.92 Å². The van der Waals surface area contributed by atoms with Crippen LogP contribution in [0, 0.1) is 0 Å². The zero-order valence-corrected chi connectivity index (χ0v) is 5.22. The van der Waals surface area contributed by atoms with E-state index < -0.39 is 6.10 Å². The van der Waals surface area contributed by atoms with Crippen LogP contribution in [0.1, 0.15) is 13.3 Å². The number of ketones is 2. The van der Waals surface area contributed by atoms with E-state index in [0.29, 0.717) is 13.0 Å². The highest BCUT2D eigenvalue weighted by Gasteiger charge is 2.28. The summed E-state index contributed by atoms with van der Waals surface area (Å²) in [4.78, 5) is 21.2. The molecule has 0 aromatic carbocycles. The maximum absolute atomic E-state index is 10.7. The molecule has 1 aliphatic heterocycles. The smallest absolute Gasteiger partial charge is 0.173 e. The molecule has 0 aromatic rings. The Morgan fingerprint density at radius 3 is 2.67 bits per heavy atom. The Bertz CT molecular complexity index is 150. The molecule has 1 saturated heterocycles. The first-order chi connectivity index (χ1) is 4.22. The summed E-state index contributed by atoms with van der Waals surface area (Å²) in [5.74, 6) is -0.264. The first-order valence-electron chi connectivity index (χ1n) is 2.86. The third kappa shape index (κ3) is 1.16. The molecule has 0 spiro atoms. The Morgan fingerprint density at radius 1 is 1.78 bits per heavy atom. The molecular weight excluding hydrogens is 120 g/mol. The molecule has 50 valence electrons. The van der Waals surface area contributed by atoms with E-state index in [1.54, 1.807) is 0 Å². The molecule has 0 radical (unpaired) electrons. The largest absolute Gasteiger partial charge is 0.362 e. The van der Waals surface area contributed by atoms with Crippen LogP contribution in [0.25, 0.3) is 0 Å². The summed E-state index contributed by atoms with van der Waals surface area (Å²) in [6.45, 7) is 1.77. The third-order valence-electron chi connectivity index (χ3n) is 1.29. The summed E-state index contributed by atoms with van der Waals surface area (Å²) in [7, 11) is 0. The molecule has 3 heteroatoms. The fraction of sp³-hybridized carbons (Fsp3) is 0.667. The summed E-state index contributed by atoms with van der Waals surface area (Å²) in [6.07, 6.45) is -0.352. The third-order valence-corrected chi connectivity index (χ3v) is 1.29. The normalized spacial score (nSPS) is 26.8. The standard InChI is InChI=1S/C6H8O3/c1-4(7)6-5(8)2-3-9-6/h6H,2-3H2,1H3. The van der Waals surface area contributed by atoms with Gasteiger partial charge in [-0.3, -0.25) is 9.59 Å². The average molecular weight is 128 g/mol. The second kappa shape index (κ2) is 2.27. The lowest BCUT2D eigenvalue weighted by atomic mass is 10.2. The molecule has 1 rings (SSSR count). The van der Waals surface area contributed by atoms with Gasteiger partial charge in [-0.2, -0.15) is 0 Å². The van der Waals surface area contributed by atoms with Gasteiger partial charge >= 0.3 is 0 Å². The zero-order chi connectivity index (χ0) is 6.85. The average Bonchev–Trinajstić information content (AvgIpc) is 2.13. The van der Waals surface area contributed by atoms with Gasteiger partial charge in [0.25, 0.3) is 0 Å². The molecule has 0 saturated carbocycles. The predicted octanol–water partition coefficient (Wildman–Crippen LogP) is -0.0666. The number of carbonyl (C=O) groups is 2. The van der Waals surface area contributed by atoms with Gasteiger partial charge in [-0.15, -0.1) is 0 Å². The van der Waals surface area contributed by atoms with E-state index in [1.165, 1.54) is 6.92 Å². The van der Waals surface area contributed by atoms with Crippen LogP contribution < -0.4 is 0 Å². The highest BCUT2D eigenvalue weighted by atomic mass is 16.5. The van der Waals surface area contributed by atoms with Crippen molar-refractivity contribution in [3.8, 4) is 0 Å². The molecular formula is C6H8O3. The van der Waals surface area contributed by atoms with Crippen molar-refractivity contribution in [3.05, 3.63) is 0 Å². The fourth-order valence-corrected chi connectivity index (χ4v) is 0.845. The molecule has 0 N–H and O–H groups in total. The first-order valence-corrected chi connectivity index (χ1v) is 2.86. The maximum Gasteiger partial charge on any atom is 0.173 e. The molecule has 0 aromatic heterocycles. The van der Waals surface area contributed by atoms with E-state index in [9.17, 15) is 9.59 Å². The minimum absolute atomic E-state index is 0.0810. The van der Waals surface area contributed by atoms with Crippen LogP contribution in [0.5, 0.6) is 0 Å². The quantitative estimate of drug-likeness (QED) is 0.464. The number of Topliss-reactive ketones (excluding diaryl/α,β-unsaturated/α-hetero) is 2. The molecule has 1 aliphatic rings. The molecule has 0 amide bonds. The van der Waals surface area contributed by atoms with Gasteiger partial charge in [0, 0.05) is 6.42 Å². The predicted molar refractivity (Wildman–Crippen MR) is 30.0 cm³/mol. The summed E-state index contributed by atoms with van der Waals surface area (Å²) in [5, 5.41) is 0. The molecule has 0 bridgehead atoms. The topological polar surface area (TPSA) is 43.4 Å². The lowest BCUT2D eigenvalue weighted by Gasteiger charge is -1.99. The Labute approximate surface area is 53.0 Å². The van der Waals surface area contributed by atoms with Crippen molar-refractivity contribution in [1.82, 2.24) is 0 Å². The lowest BCUT2D eigenvalue weighted by Crippen LogP contribution is -2.23. The van der Waals surface area contributed by atoms with E-state index in [0.717, 1.165) is 0 Å². The van der Waals surface area contributed by atoms with Crippen molar-refractivity contribution in [2.45, 2.75) is 19.4 Å². The van der Waals surface area contributed by atoms with Crippen LogP contribution in [0.2, 0.25) is 0 Å². The van der Waals surface area contributed by atoms with Gasteiger partial charge in [0.05, 0.1) is 6.61 Å². The molecule has 0 aliphatic carbocycles. The number of carbonyl (C=O) groups excluding carboxylic acids is 2. The van der Waals surface area contributed by atoms with E-state index in [4.69, 9.17) is 4.74 Å². The fourth-order valence-electron chi connectivity index (χ4n) is 0.845.